The van der Waals surface area contributed by atoms with Crippen molar-refractivity contribution in [2.24, 2.45) is 11.5 Å². The van der Waals surface area contributed by atoms with E-state index in [0.29, 0.717) is 6.54 Å². The Morgan fingerprint density at radius 1 is 1.38 bits per heavy atom. The van der Waals surface area contributed by atoms with Gasteiger partial charge < -0.3 is 11.5 Å². The molecule has 4 N–H and O–H groups in total. The molecule has 0 spiro atoms. The van der Waals surface area contributed by atoms with Gasteiger partial charge in [-0.15, -0.1) is 0 Å². The quantitative estimate of drug-likeness (QED) is 0.436. The SMILES string of the molecule is NCCCC[C@H](N)c1cccc([N+](=O)[O-])c1. The van der Waals surface area contributed by atoms with Crippen LogP contribution in [0.5, 0.6) is 0 Å². The van der Waals surface area contributed by atoms with Crippen molar-refractivity contribution in [3.05, 3.63) is 39.9 Å². The zero-order chi connectivity index (χ0) is 12.0. The highest BCUT2D eigenvalue weighted by Crippen LogP contribution is 2.21. The minimum atomic E-state index is -0.407. The van der Waals surface area contributed by atoms with E-state index < -0.39 is 4.92 Å². The lowest BCUT2D eigenvalue weighted by Gasteiger charge is -2.11. The van der Waals surface area contributed by atoms with Crippen LogP contribution in [0.25, 0.3) is 0 Å². The predicted octanol–water partition coefficient (Wildman–Crippen LogP) is 1.72. The Morgan fingerprint density at radius 3 is 2.75 bits per heavy atom. The molecule has 0 aliphatic heterocycles. The van der Waals surface area contributed by atoms with Crippen molar-refractivity contribution in [3.8, 4) is 0 Å². The summed E-state index contributed by atoms with van der Waals surface area (Å²) in [7, 11) is 0. The van der Waals surface area contributed by atoms with Gasteiger partial charge in [-0.3, -0.25) is 10.1 Å². The Morgan fingerprint density at radius 2 is 2.12 bits per heavy atom. The Kier molecular flexibility index (Phi) is 4.88. The van der Waals surface area contributed by atoms with Gasteiger partial charge in [-0.25, -0.2) is 0 Å². The summed E-state index contributed by atoms with van der Waals surface area (Å²) in [5, 5.41) is 10.6. The summed E-state index contributed by atoms with van der Waals surface area (Å²) in [5.74, 6) is 0. The van der Waals surface area contributed by atoms with Crippen molar-refractivity contribution in [2.45, 2.75) is 25.3 Å². The van der Waals surface area contributed by atoms with Crippen LogP contribution < -0.4 is 11.5 Å². The van der Waals surface area contributed by atoms with E-state index in [4.69, 9.17) is 11.5 Å². The molecule has 0 bridgehead atoms. The third kappa shape index (κ3) is 3.60. The van der Waals surface area contributed by atoms with Gasteiger partial charge in [0.25, 0.3) is 5.69 Å². The number of nitrogens with zero attached hydrogens (tertiary/aromatic N) is 1. The smallest absolute Gasteiger partial charge is 0.269 e. The second-order valence-electron chi connectivity index (χ2n) is 3.74. The summed E-state index contributed by atoms with van der Waals surface area (Å²) in [6.45, 7) is 0.654. The van der Waals surface area contributed by atoms with Gasteiger partial charge in [0, 0.05) is 18.2 Å². The fourth-order valence-electron chi connectivity index (χ4n) is 1.54. The molecular formula is C11H17N3O2. The Hall–Kier alpha value is -1.46. The number of nitrogens with two attached hydrogens (primary N) is 2. The molecule has 1 aromatic rings. The third-order valence-electron chi connectivity index (χ3n) is 2.48. The minimum Gasteiger partial charge on any atom is -0.330 e. The van der Waals surface area contributed by atoms with Crippen molar-refractivity contribution < 1.29 is 4.92 Å². The number of hydrogen-bond acceptors (Lipinski definition) is 4. The average Bonchev–Trinajstić information content (AvgIpc) is 2.29. The molecule has 0 unspecified atom stereocenters. The lowest BCUT2D eigenvalue weighted by Crippen LogP contribution is -2.11. The number of unbranched alkanes of at least 4 members (excludes halogenated alkanes) is 1. The monoisotopic (exact) mass is 223 g/mol. The van der Waals surface area contributed by atoms with Crippen LogP contribution in [0.3, 0.4) is 0 Å². The van der Waals surface area contributed by atoms with Gasteiger partial charge >= 0.3 is 0 Å². The molecule has 0 saturated carbocycles. The molecule has 0 fully saturated rings. The predicted molar refractivity (Wildman–Crippen MR) is 62.9 cm³/mol. The van der Waals surface area contributed by atoms with E-state index in [1.165, 1.54) is 12.1 Å². The van der Waals surface area contributed by atoms with Crippen molar-refractivity contribution in [1.29, 1.82) is 0 Å². The van der Waals surface area contributed by atoms with Crippen molar-refractivity contribution in [1.82, 2.24) is 0 Å². The lowest BCUT2D eigenvalue weighted by molar-refractivity contribution is -0.384. The number of hydrogen-bond donors (Lipinski definition) is 2. The number of nitro benzene ring substituents is 1. The van der Waals surface area contributed by atoms with Gasteiger partial charge in [-0.1, -0.05) is 18.6 Å². The molecule has 0 aromatic heterocycles. The van der Waals surface area contributed by atoms with Gasteiger partial charge in [-0.2, -0.15) is 0 Å². The molecule has 5 heteroatoms. The minimum absolute atomic E-state index is 0.0896. The Labute approximate surface area is 94.6 Å². The van der Waals surface area contributed by atoms with Crippen LogP contribution in [-0.2, 0) is 0 Å². The summed E-state index contributed by atoms with van der Waals surface area (Å²) in [6.07, 6.45) is 2.68. The molecule has 0 radical (unpaired) electrons. The van der Waals surface area contributed by atoms with Crippen molar-refractivity contribution in [2.75, 3.05) is 6.54 Å². The Balaban J connectivity index is 2.64. The van der Waals surface area contributed by atoms with Crippen molar-refractivity contribution in [3.63, 3.8) is 0 Å². The van der Waals surface area contributed by atoms with Crippen LogP contribution >= 0.6 is 0 Å². The largest absolute Gasteiger partial charge is 0.330 e. The first-order valence-electron chi connectivity index (χ1n) is 5.35. The van der Waals surface area contributed by atoms with E-state index in [2.05, 4.69) is 0 Å². The topological polar surface area (TPSA) is 95.2 Å². The number of non-ortho nitro benzene ring substituents is 1. The summed E-state index contributed by atoms with van der Waals surface area (Å²) in [4.78, 5) is 10.2. The maximum atomic E-state index is 10.6. The van der Waals surface area contributed by atoms with Crippen LogP contribution in [0.2, 0.25) is 0 Å². The van der Waals surface area contributed by atoms with E-state index in [0.717, 1.165) is 24.8 Å². The summed E-state index contributed by atoms with van der Waals surface area (Å²) < 4.78 is 0. The summed E-state index contributed by atoms with van der Waals surface area (Å²) >= 11 is 0. The highest BCUT2D eigenvalue weighted by molar-refractivity contribution is 5.35. The van der Waals surface area contributed by atoms with Gasteiger partial charge in [-0.05, 0) is 24.9 Å². The zero-order valence-electron chi connectivity index (χ0n) is 9.13. The lowest BCUT2D eigenvalue weighted by atomic mass is 10.0. The third-order valence-corrected chi connectivity index (χ3v) is 2.48. The molecule has 1 atom stereocenters. The van der Waals surface area contributed by atoms with E-state index in [9.17, 15) is 10.1 Å². The number of nitro groups is 1. The number of benzene rings is 1. The molecular weight excluding hydrogens is 206 g/mol. The van der Waals surface area contributed by atoms with E-state index in [-0.39, 0.29) is 11.7 Å². The first kappa shape index (κ1) is 12.6. The molecule has 5 nitrogen and oxygen atoms in total. The van der Waals surface area contributed by atoms with Gasteiger partial charge in [0.1, 0.15) is 0 Å². The van der Waals surface area contributed by atoms with E-state index >= 15 is 0 Å². The molecule has 16 heavy (non-hydrogen) atoms. The van der Waals surface area contributed by atoms with Crippen LogP contribution in [0, 0.1) is 10.1 Å². The molecule has 88 valence electrons. The van der Waals surface area contributed by atoms with Crippen molar-refractivity contribution >= 4 is 5.69 Å². The highest BCUT2D eigenvalue weighted by atomic mass is 16.6. The van der Waals surface area contributed by atoms with E-state index in [1.54, 1.807) is 6.07 Å². The van der Waals surface area contributed by atoms with Gasteiger partial charge in [0.2, 0.25) is 0 Å². The maximum Gasteiger partial charge on any atom is 0.269 e. The standard InChI is InChI=1S/C11H17N3O2/c12-7-2-1-6-11(13)9-4-3-5-10(8-9)14(15)16/h3-5,8,11H,1-2,6-7,12-13H2/t11-/m0/s1. The van der Waals surface area contributed by atoms with E-state index in [1.807, 2.05) is 6.07 Å². The fraction of sp³-hybridized carbons (Fsp3) is 0.455. The molecule has 1 aromatic carbocycles. The second kappa shape index (κ2) is 6.19. The van der Waals surface area contributed by atoms with Crippen LogP contribution in [0.1, 0.15) is 30.9 Å². The van der Waals surface area contributed by atoms with Gasteiger partial charge in [0.15, 0.2) is 0 Å². The average molecular weight is 223 g/mol. The molecule has 0 aliphatic rings. The van der Waals surface area contributed by atoms with Crippen LogP contribution in [0.15, 0.2) is 24.3 Å². The van der Waals surface area contributed by atoms with Crippen LogP contribution in [-0.4, -0.2) is 11.5 Å². The van der Waals surface area contributed by atoms with Gasteiger partial charge in [0.05, 0.1) is 4.92 Å². The molecule has 1 rings (SSSR count). The highest BCUT2D eigenvalue weighted by Gasteiger charge is 2.10. The second-order valence-corrected chi connectivity index (χ2v) is 3.74. The summed E-state index contributed by atoms with van der Waals surface area (Å²) in [6, 6.07) is 6.34. The Bertz CT molecular complexity index is 355. The maximum absolute atomic E-state index is 10.6. The van der Waals surface area contributed by atoms with Crippen LogP contribution in [0.4, 0.5) is 5.69 Å². The summed E-state index contributed by atoms with van der Waals surface area (Å²) in [5.41, 5.74) is 12.2. The normalized spacial score (nSPS) is 12.4. The first-order valence-corrected chi connectivity index (χ1v) is 5.35. The number of rotatable bonds is 6. The molecule has 0 heterocycles. The molecule has 0 aliphatic carbocycles. The molecule has 0 amide bonds. The first-order chi connectivity index (χ1) is 7.65. The molecule has 0 saturated heterocycles. The fourth-order valence-corrected chi connectivity index (χ4v) is 1.54. The zero-order valence-corrected chi connectivity index (χ0v) is 9.13.